The predicted molar refractivity (Wildman–Crippen MR) is 68.5 cm³/mol. The molecule has 1 aromatic heterocycles. The molecule has 92 valence electrons. The average Bonchev–Trinajstić information content (AvgIpc) is 2.38. The van der Waals surface area contributed by atoms with E-state index in [0.717, 1.165) is 5.56 Å². The largest absolute Gasteiger partial charge is 0.508 e. The minimum atomic E-state index is -0.287. The Morgan fingerprint density at radius 3 is 2.61 bits per heavy atom. The number of phenols is 1. The van der Waals surface area contributed by atoms with Gasteiger partial charge in [0.1, 0.15) is 16.6 Å². The molecule has 2 N–H and O–H groups in total. The van der Waals surface area contributed by atoms with Gasteiger partial charge in [0, 0.05) is 6.54 Å². The summed E-state index contributed by atoms with van der Waals surface area (Å²) in [5, 5.41) is 12.1. The fraction of sp³-hybridized carbons (Fsp3) is 0.0769. The Hall–Kier alpha value is -2.07. The van der Waals surface area contributed by atoms with E-state index in [0.29, 0.717) is 6.54 Å². The van der Waals surface area contributed by atoms with Crippen molar-refractivity contribution in [3.63, 3.8) is 0 Å². The molecule has 1 aromatic carbocycles. The molecule has 0 saturated carbocycles. The summed E-state index contributed by atoms with van der Waals surface area (Å²) in [6.07, 6.45) is 0. The molecule has 1 heterocycles. The van der Waals surface area contributed by atoms with Gasteiger partial charge in [-0.3, -0.25) is 4.79 Å². The van der Waals surface area contributed by atoms with Gasteiger partial charge in [0.05, 0.1) is 0 Å². The van der Waals surface area contributed by atoms with Crippen molar-refractivity contribution in [3.05, 3.63) is 58.9 Å². The van der Waals surface area contributed by atoms with Crippen LogP contribution >= 0.6 is 11.6 Å². The standard InChI is InChI=1S/C13H11ClN2O2/c14-12-3-1-2-11(16-12)13(18)15-8-9-4-6-10(17)7-5-9/h1-7,17H,8H2,(H,15,18). The van der Waals surface area contributed by atoms with Crippen LogP contribution in [0.4, 0.5) is 0 Å². The number of pyridine rings is 1. The Morgan fingerprint density at radius 2 is 1.94 bits per heavy atom. The highest BCUT2D eigenvalue weighted by molar-refractivity contribution is 6.29. The zero-order valence-corrected chi connectivity index (χ0v) is 10.2. The Bertz CT molecular complexity index is 555. The number of nitrogens with zero attached hydrogens (tertiary/aromatic N) is 1. The SMILES string of the molecule is O=C(NCc1ccc(O)cc1)c1cccc(Cl)n1. The summed E-state index contributed by atoms with van der Waals surface area (Å²) in [5.41, 5.74) is 1.17. The second-order valence-corrected chi connectivity index (χ2v) is 4.08. The third kappa shape index (κ3) is 3.21. The molecular formula is C13H11ClN2O2. The smallest absolute Gasteiger partial charge is 0.270 e. The van der Waals surface area contributed by atoms with Crippen LogP contribution in [0.1, 0.15) is 16.1 Å². The number of phenolic OH excluding ortho intramolecular Hbond substituents is 1. The molecule has 1 amide bonds. The first-order valence-corrected chi connectivity index (χ1v) is 5.71. The number of rotatable bonds is 3. The van der Waals surface area contributed by atoms with E-state index in [1.807, 2.05) is 0 Å². The van der Waals surface area contributed by atoms with E-state index in [9.17, 15) is 4.79 Å². The highest BCUT2D eigenvalue weighted by Gasteiger charge is 2.06. The van der Waals surface area contributed by atoms with Crippen molar-refractivity contribution in [3.8, 4) is 5.75 Å². The van der Waals surface area contributed by atoms with E-state index in [2.05, 4.69) is 10.3 Å². The second-order valence-electron chi connectivity index (χ2n) is 3.69. The van der Waals surface area contributed by atoms with Crippen molar-refractivity contribution in [1.29, 1.82) is 0 Å². The third-order valence-electron chi connectivity index (χ3n) is 2.34. The molecule has 0 radical (unpaired) electrons. The van der Waals surface area contributed by atoms with Crippen LogP contribution in [0.25, 0.3) is 0 Å². The number of benzene rings is 1. The van der Waals surface area contributed by atoms with Crippen LogP contribution in [0, 0.1) is 0 Å². The monoisotopic (exact) mass is 262 g/mol. The van der Waals surface area contributed by atoms with Gasteiger partial charge in [-0.15, -0.1) is 0 Å². The van der Waals surface area contributed by atoms with Crippen molar-refractivity contribution in [1.82, 2.24) is 10.3 Å². The molecule has 0 aliphatic carbocycles. The molecule has 0 saturated heterocycles. The number of amides is 1. The molecule has 0 bridgehead atoms. The number of aromatic hydroxyl groups is 1. The summed E-state index contributed by atoms with van der Waals surface area (Å²) in [5.74, 6) is -0.0906. The van der Waals surface area contributed by atoms with E-state index < -0.39 is 0 Å². The second kappa shape index (κ2) is 5.51. The van der Waals surface area contributed by atoms with Crippen molar-refractivity contribution in [2.24, 2.45) is 0 Å². The molecule has 5 heteroatoms. The van der Waals surface area contributed by atoms with Gasteiger partial charge >= 0.3 is 0 Å². The maximum absolute atomic E-state index is 11.8. The van der Waals surface area contributed by atoms with E-state index in [-0.39, 0.29) is 22.5 Å². The Balaban J connectivity index is 1.98. The van der Waals surface area contributed by atoms with Gasteiger partial charge in [-0.25, -0.2) is 4.98 Å². The lowest BCUT2D eigenvalue weighted by atomic mass is 10.2. The van der Waals surface area contributed by atoms with Crippen LogP contribution in [-0.2, 0) is 6.54 Å². The molecule has 0 fully saturated rings. The zero-order chi connectivity index (χ0) is 13.0. The normalized spacial score (nSPS) is 10.1. The number of aromatic nitrogens is 1. The number of hydrogen-bond donors (Lipinski definition) is 2. The number of halogens is 1. The van der Waals surface area contributed by atoms with Crippen molar-refractivity contribution >= 4 is 17.5 Å². The highest BCUT2D eigenvalue weighted by Crippen LogP contribution is 2.09. The Labute approximate surface area is 109 Å². The summed E-state index contributed by atoms with van der Waals surface area (Å²) in [6.45, 7) is 0.368. The quantitative estimate of drug-likeness (QED) is 0.835. The van der Waals surface area contributed by atoms with E-state index in [4.69, 9.17) is 16.7 Å². The highest BCUT2D eigenvalue weighted by atomic mass is 35.5. The Kier molecular flexibility index (Phi) is 3.79. The summed E-state index contributed by atoms with van der Waals surface area (Å²) >= 11 is 5.70. The Morgan fingerprint density at radius 1 is 1.22 bits per heavy atom. The van der Waals surface area contributed by atoms with Gasteiger partial charge in [0.25, 0.3) is 5.91 Å². The summed E-state index contributed by atoms with van der Waals surface area (Å²) in [6, 6.07) is 11.5. The fourth-order valence-corrected chi connectivity index (χ4v) is 1.59. The summed E-state index contributed by atoms with van der Waals surface area (Å²) < 4.78 is 0. The minimum Gasteiger partial charge on any atom is -0.508 e. The minimum absolute atomic E-state index is 0.196. The first-order valence-electron chi connectivity index (χ1n) is 5.34. The third-order valence-corrected chi connectivity index (χ3v) is 2.55. The van der Waals surface area contributed by atoms with Gasteiger partial charge < -0.3 is 10.4 Å². The summed E-state index contributed by atoms with van der Waals surface area (Å²) in [4.78, 5) is 15.7. The molecule has 0 spiro atoms. The van der Waals surface area contributed by atoms with E-state index in [1.54, 1.807) is 42.5 Å². The van der Waals surface area contributed by atoms with Crippen LogP contribution in [0.3, 0.4) is 0 Å². The molecule has 0 aliphatic heterocycles. The lowest BCUT2D eigenvalue weighted by Crippen LogP contribution is -2.23. The maximum atomic E-state index is 11.8. The molecule has 0 aliphatic rings. The van der Waals surface area contributed by atoms with Gasteiger partial charge in [-0.1, -0.05) is 29.8 Å². The van der Waals surface area contributed by atoms with Crippen LogP contribution < -0.4 is 5.32 Å². The molecule has 0 unspecified atom stereocenters. The van der Waals surface area contributed by atoms with Gasteiger partial charge in [0.2, 0.25) is 0 Å². The van der Waals surface area contributed by atoms with Crippen LogP contribution in [0.15, 0.2) is 42.5 Å². The predicted octanol–water partition coefficient (Wildman–Crippen LogP) is 2.37. The first kappa shape index (κ1) is 12.4. The van der Waals surface area contributed by atoms with Gasteiger partial charge in [-0.05, 0) is 29.8 Å². The van der Waals surface area contributed by atoms with Crippen molar-refractivity contribution in [2.75, 3.05) is 0 Å². The molecular weight excluding hydrogens is 252 g/mol. The van der Waals surface area contributed by atoms with Gasteiger partial charge in [-0.2, -0.15) is 0 Å². The number of carbonyl (C=O) groups excluding carboxylic acids is 1. The van der Waals surface area contributed by atoms with Crippen molar-refractivity contribution < 1.29 is 9.90 Å². The topological polar surface area (TPSA) is 62.2 Å². The number of carbonyl (C=O) groups is 1. The lowest BCUT2D eigenvalue weighted by molar-refractivity contribution is 0.0946. The zero-order valence-electron chi connectivity index (χ0n) is 9.43. The molecule has 2 aromatic rings. The van der Waals surface area contributed by atoms with Crippen LogP contribution in [-0.4, -0.2) is 16.0 Å². The van der Waals surface area contributed by atoms with Crippen LogP contribution in [0.2, 0.25) is 5.15 Å². The molecule has 18 heavy (non-hydrogen) atoms. The van der Waals surface area contributed by atoms with E-state index in [1.165, 1.54) is 0 Å². The number of nitrogens with one attached hydrogen (secondary N) is 1. The van der Waals surface area contributed by atoms with E-state index >= 15 is 0 Å². The fourth-order valence-electron chi connectivity index (χ4n) is 1.42. The first-order chi connectivity index (χ1) is 8.65. The van der Waals surface area contributed by atoms with Crippen molar-refractivity contribution in [2.45, 2.75) is 6.54 Å². The molecule has 4 nitrogen and oxygen atoms in total. The average molecular weight is 263 g/mol. The van der Waals surface area contributed by atoms with Gasteiger partial charge in [0.15, 0.2) is 0 Å². The maximum Gasteiger partial charge on any atom is 0.270 e. The van der Waals surface area contributed by atoms with Crippen LogP contribution in [0.5, 0.6) is 5.75 Å². The number of hydrogen-bond acceptors (Lipinski definition) is 3. The molecule has 2 rings (SSSR count). The summed E-state index contributed by atoms with van der Waals surface area (Å²) in [7, 11) is 0. The lowest BCUT2D eigenvalue weighted by Gasteiger charge is -2.05. The molecule has 0 atom stereocenters.